The Hall–Kier alpha value is -3.12. The molecule has 5 nitrogen and oxygen atoms in total. The molecular weight excluding hydrogens is 455 g/mol. The number of benzene rings is 3. The Morgan fingerprint density at radius 1 is 0.968 bits per heavy atom. The molecule has 154 valence electrons. The minimum Gasteiger partial charge on any atom is -0.298 e. The first kappa shape index (κ1) is 21.1. The van der Waals surface area contributed by atoms with E-state index < -0.39 is 0 Å². The number of hydrazine groups is 1. The van der Waals surface area contributed by atoms with E-state index in [2.05, 4.69) is 20.8 Å². The molecule has 3 aromatic carbocycles. The van der Waals surface area contributed by atoms with E-state index in [1.54, 1.807) is 73.1 Å². The quantitative estimate of drug-likeness (QED) is 0.252. The van der Waals surface area contributed by atoms with Crippen molar-refractivity contribution in [2.75, 3.05) is 5.43 Å². The second-order valence-corrected chi connectivity index (χ2v) is 7.74. The van der Waals surface area contributed by atoms with Gasteiger partial charge in [0.2, 0.25) is 0 Å². The van der Waals surface area contributed by atoms with E-state index in [1.807, 2.05) is 6.07 Å². The largest absolute Gasteiger partial charge is 0.298 e. The van der Waals surface area contributed by atoms with Gasteiger partial charge in [0.15, 0.2) is 0 Å². The van der Waals surface area contributed by atoms with E-state index in [9.17, 15) is 4.79 Å². The zero-order chi connectivity index (χ0) is 21.8. The SMILES string of the molecule is O=C(NNc1ccnc2cc(Cl)ccc12)c1ccccc1N=Cc1cccc(Cl)c1Cl. The average Bonchev–Trinajstić information content (AvgIpc) is 2.78. The molecule has 1 aromatic heterocycles. The minimum atomic E-state index is -0.344. The standard InChI is InChI=1S/C23H15Cl3N4O/c24-15-8-9-16-20(10-11-27-21(16)12-15)29-30-23(31)17-5-1-2-7-19(17)28-13-14-4-3-6-18(25)22(14)26/h1-13H,(H,27,29)(H,30,31). The summed E-state index contributed by atoms with van der Waals surface area (Å²) < 4.78 is 0. The molecular formula is C23H15Cl3N4O. The number of amides is 1. The van der Waals surface area contributed by atoms with Crippen LogP contribution in [0.3, 0.4) is 0 Å². The van der Waals surface area contributed by atoms with Gasteiger partial charge in [-0.2, -0.15) is 0 Å². The molecule has 1 heterocycles. The van der Waals surface area contributed by atoms with Crippen LogP contribution in [0.15, 0.2) is 77.9 Å². The average molecular weight is 470 g/mol. The molecule has 4 aromatic rings. The lowest BCUT2D eigenvalue weighted by molar-refractivity contribution is 0.0963. The minimum absolute atomic E-state index is 0.344. The summed E-state index contributed by atoms with van der Waals surface area (Å²) in [4.78, 5) is 21.6. The summed E-state index contributed by atoms with van der Waals surface area (Å²) in [6.45, 7) is 0. The molecule has 1 amide bonds. The molecule has 31 heavy (non-hydrogen) atoms. The number of hydrogen-bond acceptors (Lipinski definition) is 4. The number of anilines is 1. The topological polar surface area (TPSA) is 66.4 Å². The van der Waals surface area contributed by atoms with E-state index in [4.69, 9.17) is 34.8 Å². The summed E-state index contributed by atoms with van der Waals surface area (Å²) in [5, 5.41) is 2.26. The lowest BCUT2D eigenvalue weighted by Gasteiger charge is -2.12. The summed E-state index contributed by atoms with van der Waals surface area (Å²) in [6, 6.07) is 19.4. The molecule has 0 aliphatic heterocycles. The van der Waals surface area contributed by atoms with E-state index >= 15 is 0 Å². The zero-order valence-electron chi connectivity index (χ0n) is 15.9. The van der Waals surface area contributed by atoms with Crippen molar-refractivity contribution < 1.29 is 4.79 Å². The van der Waals surface area contributed by atoms with Crippen LogP contribution in [0.1, 0.15) is 15.9 Å². The third kappa shape index (κ3) is 4.80. The first-order valence-corrected chi connectivity index (χ1v) is 10.3. The van der Waals surface area contributed by atoms with Gasteiger partial charge in [-0.3, -0.25) is 25.6 Å². The Balaban J connectivity index is 1.55. The monoisotopic (exact) mass is 468 g/mol. The maximum atomic E-state index is 12.8. The van der Waals surface area contributed by atoms with Crippen molar-refractivity contribution in [2.24, 2.45) is 4.99 Å². The molecule has 4 rings (SSSR count). The highest BCUT2D eigenvalue weighted by molar-refractivity contribution is 6.43. The number of carbonyl (C=O) groups excluding carboxylic acids is 1. The van der Waals surface area contributed by atoms with E-state index in [0.717, 1.165) is 10.9 Å². The van der Waals surface area contributed by atoms with Crippen molar-refractivity contribution in [2.45, 2.75) is 0 Å². The number of fused-ring (bicyclic) bond motifs is 1. The molecule has 0 radical (unpaired) electrons. The highest BCUT2D eigenvalue weighted by atomic mass is 35.5. The molecule has 0 aliphatic carbocycles. The number of rotatable bonds is 5. The maximum absolute atomic E-state index is 12.8. The van der Waals surface area contributed by atoms with Crippen LogP contribution in [-0.2, 0) is 0 Å². The number of carbonyl (C=O) groups is 1. The Morgan fingerprint density at radius 2 is 1.81 bits per heavy atom. The lowest BCUT2D eigenvalue weighted by atomic mass is 10.1. The number of aromatic nitrogens is 1. The molecule has 0 saturated heterocycles. The van der Waals surface area contributed by atoms with Gasteiger partial charge in [0.25, 0.3) is 5.91 Å². The van der Waals surface area contributed by atoms with Crippen molar-refractivity contribution in [3.8, 4) is 0 Å². The molecule has 0 bridgehead atoms. The highest BCUT2D eigenvalue weighted by Gasteiger charge is 2.11. The van der Waals surface area contributed by atoms with Crippen LogP contribution in [0.4, 0.5) is 11.4 Å². The normalized spacial score (nSPS) is 11.1. The molecule has 0 spiro atoms. The van der Waals surface area contributed by atoms with Gasteiger partial charge >= 0.3 is 0 Å². The fraction of sp³-hybridized carbons (Fsp3) is 0. The summed E-state index contributed by atoms with van der Waals surface area (Å²) >= 11 is 18.3. The molecule has 0 unspecified atom stereocenters. The maximum Gasteiger partial charge on any atom is 0.271 e. The van der Waals surface area contributed by atoms with E-state index in [-0.39, 0.29) is 5.91 Å². The van der Waals surface area contributed by atoms with Crippen LogP contribution < -0.4 is 10.9 Å². The molecule has 2 N–H and O–H groups in total. The van der Waals surface area contributed by atoms with E-state index in [1.165, 1.54) is 0 Å². The fourth-order valence-corrected chi connectivity index (χ4v) is 3.48. The second-order valence-electron chi connectivity index (χ2n) is 6.52. The third-order valence-corrected chi connectivity index (χ3v) is 5.56. The summed E-state index contributed by atoms with van der Waals surface area (Å²) in [7, 11) is 0. The highest BCUT2D eigenvalue weighted by Crippen LogP contribution is 2.26. The molecule has 0 saturated carbocycles. The zero-order valence-corrected chi connectivity index (χ0v) is 18.2. The Morgan fingerprint density at radius 3 is 2.68 bits per heavy atom. The number of aliphatic imine (C=N–C) groups is 1. The number of pyridine rings is 1. The molecule has 0 atom stereocenters. The van der Waals surface area contributed by atoms with Crippen molar-refractivity contribution in [3.63, 3.8) is 0 Å². The van der Waals surface area contributed by atoms with Crippen LogP contribution in [0.2, 0.25) is 15.1 Å². The first-order chi connectivity index (χ1) is 15.0. The number of halogens is 3. The Labute approximate surface area is 193 Å². The van der Waals surface area contributed by atoms with Crippen LogP contribution in [0, 0.1) is 0 Å². The number of nitrogens with one attached hydrogen (secondary N) is 2. The fourth-order valence-electron chi connectivity index (χ4n) is 2.96. The molecule has 8 heteroatoms. The van der Waals surface area contributed by atoms with Crippen molar-refractivity contribution >= 4 is 69.2 Å². The van der Waals surface area contributed by atoms with Crippen molar-refractivity contribution in [1.29, 1.82) is 0 Å². The van der Waals surface area contributed by atoms with Gasteiger partial charge in [-0.15, -0.1) is 0 Å². The predicted molar refractivity (Wildman–Crippen MR) is 128 cm³/mol. The number of nitrogens with zero attached hydrogens (tertiary/aromatic N) is 2. The van der Waals surface area contributed by atoms with E-state index in [0.29, 0.717) is 37.6 Å². The number of para-hydroxylation sites is 1. The van der Waals surface area contributed by atoms with Crippen LogP contribution in [0.5, 0.6) is 0 Å². The smallest absolute Gasteiger partial charge is 0.271 e. The van der Waals surface area contributed by atoms with Gasteiger partial charge in [-0.25, -0.2) is 0 Å². The lowest BCUT2D eigenvalue weighted by Crippen LogP contribution is -2.29. The van der Waals surface area contributed by atoms with Gasteiger partial charge in [0.1, 0.15) is 0 Å². The Kier molecular flexibility index (Phi) is 6.37. The summed E-state index contributed by atoms with van der Waals surface area (Å²) in [5.41, 5.74) is 8.62. The van der Waals surface area contributed by atoms with Crippen molar-refractivity contribution in [1.82, 2.24) is 10.4 Å². The van der Waals surface area contributed by atoms with Gasteiger partial charge in [0, 0.05) is 28.4 Å². The summed E-state index contributed by atoms with van der Waals surface area (Å²) in [6.07, 6.45) is 3.22. The van der Waals surface area contributed by atoms with Crippen molar-refractivity contribution in [3.05, 3.63) is 99.1 Å². The molecule has 0 aliphatic rings. The predicted octanol–water partition coefficient (Wildman–Crippen LogP) is 6.70. The summed E-state index contributed by atoms with van der Waals surface area (Å²) in [5.74, 6) is -0.344. The molecule has 0 fully saturated rings. The second kappa shape index (κ2) is 9.35. The third-order valence-electron chi connectivity index (χ3n) is 4.49. The van der Waals surface area contributed by atoms with Gasteiger partial charge < -0.3 is 0 Å². The van der Waals surface area contributed by atoms with Gasteiger partial charge in [0.05, 0.1) is 32.5 Å². The Bertz CT molecular complexity index is 1310. The first-order valence-electron chi connectivity index (χ1n) is 9.20. The van der Waals surface area contributed by atoms with Gasteiger partial charge in [-0.05, 0) is 42.5 Å². The van der Waals surface area contributed by atoms with Gasteiger partial charge in [-0.1, -0.05) is 59.1 Å². The van der Waals surface area contributed by atoms with Crippen LogP contribution in [-0.4, -0.2) is 17.1 Å². The van der Waals surface area contributed by atoms with Crippen LogP contribution >= 0.6 is 34.8 Å². The number of hydrogen-bond donors (Lipinski definition) is 2. The van der Waals surface area contributed by atoms with Crippen LogP contribution in [0.25, 0.3) is 10.9 Å².